The van der Waals surface area contributed by atoms with Gasteiger partial charge in [-0.1, -0.05) is 23.4 Å². The van der Waals surface area contributed by atoms with E-state index in [0.717, 1.165) is 37.6 Å². The van der Waals surface area contributed by atoms with Crippen molar-refractivity contribution < 1.29 is 4.52 Å². The smallest absolute Gasteiger partial charge is 0.257 e. The van der Waals surface area contributed by atoms with Crippen LogP contribution in [0.3, 0.4) is 0 Å². The van der Waals surface area contributed by atoms with Crippen molar-refractivity contribution in [3.8, 4) is 11.5 Å². The largest absolute Gasteiger partial charge is 0.334 e. The average molecular weight is 272 g/mol. The molecule has 1 aliphatic heterocycles. The summed E-state index contributed by atoms with van der Waals surface area (Å²) in [5, 5.41) is 4.07. The second kappa shape index (κ2) is 6.15. The number of nitrogens with two attached hydrogens (primary N) is 1. The first-order chi connectivity index (χ1) is 9.85. The van der Waals surface area contributed by atoms with E-state index in [2.05, 4.69) is 15.0 Å². The topological polar surface area (TPSA) is 68.2 Å². The van der Waals surface area contributed by atoms with Crippen molar-refractivity contribution in [1.82, 2.24) is 15.0 Å². The summed E-state index contributed by atoms with van der Waals surface area (Å²) in [6, 6.07) is 9.87. The van der Waals surface area contributed by atoms with E-state index in [4.69, 9.17) is 10.3 Å². The average Bonchev–Trinajstić information content (AvgIpc) is 2.97. The molecule has 2 heterocycles. The lowest BCUT2D eigenvalue weighted by molar-refractivity contribution is 0.175. The fraction of sp³-hybridized carbons (Fsp3) is 0.467. The van der Waals surface area contributed by atoms with Crippen LogP contribution in [0.4, 0.5) is 0 Å². The number of hydrogen-bond acceptors (Lipinski definition) is 5. The second-order valence-electron chi connectivity index (χ2n) is 5.34. The van der Waals surface area contributed by atoms with Gasteiger partial charge in [-0.15, -0.1) is 0 Å². The molecule has 20 heavy (non-hydrogen) atoms. The quantitative estimate of drug-likeness (QED) is 0.920. The summed E-state index contributed by atoms with van der Waals surface area (Å²) >= 11 is 0. The Morgan fingerprint density at radius 3 is 2.65 bits per heavy atom. The molecule has 1 aromatic carbocycles. The zero-order valence-corrected chi connectivity index (χ0v) is 11.5. The molecule has 1 fully saturated rings. The molecule has 1 aliphatic rings. The predicted molar refractivity (Wildman–Crippen MR) is 76.8 cm³/mol. The molecule has 0 spiro atoms. The lowest BCUT2D eigenvalue weighted by Crippen LogP contribution is -2.35. The predicted octanol–water partition coefficient (Wildman–Crippen LogP) is 1.91. The Morgan fingerprint density at radius 1 is 1.20 bits per heavy atom. The van der Waals surface area contributed by atoms with Crippen LogP contribution in [0.25, 0.3) is 11.5 Å². The Morgan fingerprint density at radius 2 is 1.95 bits per heavy atom. The number of likely N-dealkylation sites (tertiary alicyclic amines) is 1. The molecule has 1 saturated heterocycles. The molecule has 0 saturated carbocycles. The lowest BCUT2D eigenvalue weighted by atomic mass is 9.97. The Bertz CT molecular complexity index is 532. The number of aromatic nitrogens is 2. The van der Waals surface area contributed by atoms with E-state index in [1.54, 1.807) is 0 Å². The van der Waals surface area contributed by atoms with E-state index >= 15 is 0 Å². The summed E-state index contributed by atoms with van der Waals surface area (Å²) in [6.07, 6.45) is 2.33. The highest BCUT2D eigenvalue weighted by molar-refractivity contribution is 5.51. The van der Waals surface area contributed by atoms with Gasteiger partial charge in [0, 0.05) is 5.56 Å². The molecule has 2 aromatic rings. The van der Waals surface area contributed by atoms with Gasteiger partial charge in [0.2, 0.25) is 0 Å². The molecule has 3 rings (SSSR count). The van der Waals surface area contributed by atoms with Crippen LogP contribution < -0.4 is 5.73 Å². The summed E-state index contributed by atoms with van der Waals surface area (Å²) in [6.45, 7) is 3.69. The first kappa shape index (κ1) is 13.3. The van der Waals surface area contributed by atoms with Gasteiger partial charge >= 0.3 is 0 Å². The Hall–Kier alpha value is -1.72. The van der Waals surface area contributed by atoms with Gasteiger partial charge in [0.05, 0.1) is 6.54 Å². The fourth-order valence-electron chi connectivity index (χ4n) is 2.60. The van der Waals surface area contributed by atoms with Crippen LogP contribution in [0.15, 0.2) is 34.9 Å². The van der Waals surface area contributed by atoms with Gasteiger partial charge in [0.1, 0.15) is 0 Å². The number of nitrogens with zero attached hydrogens (tertiary/aromatic N) is 3. The monoisotopic (exact) mass is 272 g/mol. The van der Waals surface area contributed by atoms with Gasteiger partial charge in [-0.3, -0.25) is 4.90 Å². The number of benzene rings is 1. The van der Waals surface area contributed by atoms with Gasteiger partial charge in [-0.25, -0.2) is 0 Å². The van der Waals surface area contributed by atoms with E-state index in [1.165, 1.54) is 12.8 Å². The molecular weight excluding hydrogens is 252 g/mol. The van der Waals surface area contributed by atoms with Crippen molar-refractivity contribution in [2.45, 2.75) is 19.4 Å². The van der Waals surface area contributed by atoms with E-state index in [1.807, 2.05) is 30.3 Å². The minimum absolute atomic E-state index is 0.595. The minimum Gasteiger partial charge on any atom is -0.334 e. The van der Waals surface area contributed by atoms with Gasteiger partial charge in [-0.05, 0) is 50.5 Å². The van der Waals surface area contributed by atoms with Gasteiger partial charge in [0.15, 0.2) is 5.82 Å². The molecule has 0 bridgehead atoms. The first-order valence-corrected chi connectivity index (χ1v) is 7.15. The zero-order valence-electron chi connectivity index (χ0n) is 11.5. The van der Waals surface area contributed by atoms with Crippen molar-refractivity contribution in [1.29, 1.82) is 0 Å². The van der Waals surface area contributed by atoms with Crippen molar-refractivity contribution in [2.24, 2.45) is 11.7 Å². The van der Waals surface area contributed by atoms with Crippen molar-refractivity contribution in [2.75, 3.05) is 19.6 Å². The molecule has 0 aliphatic carbocycles. The van der Waals surface area contributed by atoms with Crippen LogP contribution in [0.2, 0.25) is 0 Å². The normalized spacial score (nSPS) is 17.4. The van der Waals surface area contributed by atoms with Crippen molar-refractivity contribution in [3.05, 3.63) is 36.2 Å². The molecule has 5 heteroatoms. The van der Waals surface area contributed by atoms with E-state index in [-0.39, 0.29) is 0 Å². The first-order valence-electron chi connectivity index (χ1n) is 7.15. The lowest BCUT2D eigenvalue weighted by Gasteiger charge is -2.30. The maximum Gasteiger partial charge on any atom is 0.257 e. The number of rotatable bonds is 4. The highest BCUT2D eigenvalue weighted by Crippen LogP contribution is 2.19. The molecule has 0 unspecified atom stereocenters. The van der Waals surface area contributed by atoms with Crippen molar-refractivity contribution in [3.63, 3.8) is 0 Å². The van der Waals surface area contributed by atoms with E-state index in [9.17, 15) is 0 Å². The summed E-state index contributed by atoms with van der Waals surface area (Å²) in [4.78, 5) is 6.84. The summed E-state index contributed by atoms with van der Waals surface area (Å²) in [5.74, 6) is 2.03. The summed E-state index contributed by atoms with van der Waals surface area (Å²) in [5.41, 5.74) is 6.68. The van der Waals surface area contributed by atoms with Crippen LogP contribution in [-0.4, -0.2) is 34.7 Å². The third kappa shape index (κ3) is 3.05. The van der Waals surface area contributed by atoms with E-state index in [0.29, 0.717) is 11.8 Å². The van der Waals surface area contributed by atoms with Gasteiger partial charge < -0.3 is 10.3 Å². The van der Waals surface area contributed by atoms with Crippen LogP contribution in [-0.2, 0) is 6.54 Å². The Labute approximate surface area is 118 Å². The van der Waals surface area contributed by atoms with Crippen LogP contribution in [0, 0.1) is 5.92 Å². The molecule has 2 N–H and O–H groups in total. The van der Waals surface area contributed by atoms with Crippen molar-refractivity contribution >= 4 is 0 Å². The number of hydrogen-bond donors (Lipinski definition) is 1. The zero-order chi connectivity index (χ0) is 13.8. The molecule has 0 amide bonds. The maximum atomic E-state index is 5.71. The third-order valence-corrected chi connectivity index (χ3v) is 3.89. The highest BCUT2D eigenvalue weighted by atomic mass is 16.5. The third-order valence-electron chi connectivity index (χ3n) is 3.89. The fourth-order valence-corrected chi connectivity index (χ4v) is 2.60. The molecule has 5 nitrogen and oxygen atoms in total. The summed E-state index contributed by atoms with van der Waals surface area (Å²) in [7, 11) is 0. The Balaban J connectivity index is 1.61. The van der Waals surface area contributed by atoms with Crippen LogP contribution in [0.5, 0.6) is 0 Å². The SMILES string of the molecule is NCC1CCN(Cc2noc(-c3ccccc3)n2)CC1. The standard InChI is InChI=1S/C15H20N4O/c16-10-12-6-8-19(9-7-12)11-14-17-15(20-18-14)13-4-2-1-3-5-13/h1-5,12H,6-11,16H2. The molecule has 106 valence electrons. The van der Waals surface area contributed by atoms with Crippen LogP contribution in [0.1, 0.15) is 18.7 Å². The van der Waals surface area contributed by atoms with Crippen LogP contribution >= 0.6 is 0 Å². The summed E-state index contributed by atoms with van der Waals surface area (Å²) < 4.78 is 5.33. The second-order valence-corrected chi connectivity index (χ2v) is 5.34. The molecule has 0 atom stereocenters. The maximum absolute atomic E-state index is 5.71. The van der Waals surface area contributed by atoms with Gasteiger partial charge in [0.25, 0.3) is 5.89 Å². The molecule has 0 radical (unpaired) electrons. The minimum atomic E-state index is 0.595. The highest BCUT2D eigenvalue weighted by Gasteiger charge is 2.19. The Kier molecular flexibility index (Phi) is 4.08. The van der Waals surface area contributed by atoms with Gasteiger partial charge in [-0.2, -0.15) is 4.98 Å². The molecular formula is C15H20N4O. The van der Waals surface area contributed by atoms with E-state index < -0.39 is 0 Å². The number of piperidine rings is 1. The molecule has 1 aromatic heterocycles.